The average Bonchev–Trinajstić information content (AvgIpc) is 2.27. The van der Waals surface area contributed by atoms with E-state index < -0.39 is 11.2 Å². The highest BCUT2D eigenvalue weighted by molar-refractivity contribution is 7.91. The first-order valence-corrected chi connectivity index (χ1v) is 6.87. The molecule has 1 radical (unpaired) electrons. The van der Waals surface area contributed by atoms with Gasteiger partial charge in [0.2, 0.25) is 0 Å². The van der Waals surface area contributed by atoms with Crippen LogP contribution in [0.3, 0.4) is 0 Å². The molecule has 1 aromatic rings. The van der Waals surface area contributed by atoms with Gasteiger partial charge in [0.15, 0.2) is 4.90 Å². The molecular formula is C13H19OS. The maximum atomic E-state index is 12.0. The fourth-order valence-corrected chi connectivity index (χ4v) is 2.97. The monoisotopic (exact) mass is 223 g/mol. The molecule has 0 saturated heterocycles. The van der Waals surface area contributed by atoms with Crippen LogP contribution in [-0.2, 0) is 17.6 Å². The molecule has 0 bridgehead atoms. The summed E-state index contributed by atoms with van der Waals surface area (Å²) < 4.78 is 12.0. The summed E-state index contributed by atoms with van der Waals surface area (Å²) in [6.45, 7) is 5.97. The van der Waals surface area contributed by atoms with Crippen molar-refractivity contribution in [1.82, 2.24) is 0 Å². The van der Waals surface area contributed by atoms with Crippen LogP contribution in [0.4, 0.5) is 0 Å². The smallest absolute Gasteiger partial charge is 0.155 e. The van der Waals surface area contributed by atoms with Crippen LogP contribution in [0.5, 0.6) is 0 Å². The highest BCUT2D eigenvalue weighted by atomic mass is 32.2. The lowest BCUT2D eigenvalue weighted by atomic mass is 10.1. The normalized spacial score (nSPS) is 12.7. The summed E-state index contributed by atoms with van der Waals surface area (Å²) >= 11 is -0.824. The average molecular weight is 223 g/mol. The van der Waals surface area contributed by atoms with Crippen LogP contribution in [-0.4, -0.2) is 10.3 Å². The fraction of sp³-hybridized carbons (Fsp3) is 0.462. The predicted octanol–water partition coefficient (Wildman–Crippen LogP) is 3.36. The van der Waals surface area contributed by atoms with Crippen molar-refractivity contribution in [2.75, 3.05) is 5.75 Å². The van der Waals surface area contributed by atoms with Gasteiger partial charge in [-0.25, -0.2) is 0 Å². The van der Waals surface area contributed by atoms with Crippen molar-refractivity contribution in [2.45, 2.75) is 37.5 Å². The van der Waals surface area contributed by atoms with E-state index in [9.17, 15) is 4.55 Å². The molecular weight excluding hydrogens is 204 g/mol. The molecule has 15 heavy (non-hydrogen) atoms. The van der Waals surface area contributed by atoms with Crippen LogP contribution in [0.15, 0.2) is 29.2 Å². The minimum absolute atomic E-state index is 0.782. The molecule has 1 atom stereocenters. The molecule has 0 aromatic heterocycles. The Morgan fingerprint density at radius 2 is 2.07 bits per heavy atom. The molecule has 0 aliphatic rings. The number of hydrogen-bond acceptors (Lipinski definition) is 1. The molecule has 0 amide bonds. The van der Waals surface area contributed by atoms with Crippen molar-refractivity contribution in [3.05, 3.63) is 36.8 Å². The standard InChI is InChI=1S/C13H19OS/c1-3-5-11-15(14)13-10-7-6-9-12(13)8-4-2/h6-7,9-10H,2-5,8,11H2,1H3. The van der Waals surface area contributed by atoms with Crippen LogP contribution in [0.2, 0.25) is 0 Å². The van der Waals surface area contributed by atoms with Crippen LogP contribution >= 0.6 is 0 Å². The molecule has 0 aliphatic carbocycles. The molecule has 0 heterocycles. The zero-order valence-corrected chi connectivity index (χ0v) is 10.2. The molecule has 1 aromatic carbocycles. The topological polar surface area (TPSA) is 23.1 Å². The summed E-state index contributed by atoms with van der Waals surface area (Å²) in [5, 5.41) is 0. The number of hydrogen-bond donors (Lipinski definition) is 0. The Bertz CT molecular complexity index is 286. The third-order valence-corrected chi connectivity index (χ3v) is 3.90. The fourth-order valence-electron chi connectivity index (χ4n) is 1.51. The van der Waals surface area contributed by atoms with E-state index >= 15 is 0 Å². The van der Waals surface area contributed by atoms with E-state index in [1.165, 1.54) is 5.56 Å². The molecule has 0 spiro atoms. The summed E-state index contributed by atoms with van der Waals surface area (Å²) in [7, 11) is 0. The van der Waals surface area contributed by atoms with Crippen molar-refractivity contribution in [3.8, 4) is 0 Å². The lowest BCUT2D eigenvalue weighted by Crippen LogP contribution is -2.09. The maximum absolute atomic E-state index is 12.0. The number of rotatable bonds is 6. The van der Waals surface area contributed by atoms with E-state index in [-0.39, 0.29) is 0 Å². The molecule has 83 valence electrons. The van der Waals surface area contributed by atoms with Gasteiger partial charge in [0.05, 0.1) is 0 Å². The number of aryl methyl sites for hydroxylation is 1. The molecule has 1 unspecified atom stereocenters. The lowest BCUT2D eigenvalue weighted by Gasteiger charge is -2.13. The third-order valence-electron chi connectivity index (χ3n) is 2.35. The van der Waals surface area contributed by atoms with Crippen molar-refractivity contribution in [3.63, 3.8) is 0 Å². The zero-order valence-electron chi connectivity index (χ0n) is 9.37. The molecule has 1 nitrogen and oxygen atoms in total. The maximum Gasteiger partial charge on any atom is 0.155 e. The molecule has 0 N–H and O–H groups in total. The van der Waals surface area contributed by atoms with E-state index in [1.807, 2.05) is 18.2 Å². The van der Waals surface area contributed by atoms with Gasteiger partial charge < -0.3 is 4.55 Å². The van der Waals surface area contributed by atoms with E-state index in [0.29, 0.717) is 0 Å². The highest BCUT2D eigenvalue weighted by Gasteiger charge is 2.13. The molecule has 2 heteroatoms. The van der Waals surface area contributed by atoms with Gasteiger partial charge in [0, 0.05) is 5.56 Å². The van der Waals surface area contributed by atoms with E-state index in [0.717, 1.165) is 36.3 Å². The number of unbranched alkanes of at least 4 members (excludes halogenated alkanes) is 1. The Kier molecular flexibility index (Phi) is 5.81. The Morgan fingerprint density at radius 1 is 1.33 bits per heavy atom. The lowest BCUT2D eigenvalue weighted by molar-refractivity contribution is 0.590. The van der Waals surface area contributed by atoms with Crippen molar-refractivity contribution in [1.29, 1.82) is 0 Å². The van der Waals surface area contributed by atoms with E-state index in [2.05, 4.69) is 19.9 Å². The van der Waals surface area contributed by atoms with Crippen molar-refractivity contribution >= 4 is 11.2 Å². The van der Waals surface area contributed by atoms with Gasteiger partial charge in [-0.2, -0.15) is 0 Å². The second kappa shape index (κ2) is 6.91. The minimum atomic E-state index is -0.824. The van der Waals surface area contributed by atoms with Gasteiger partial charge >= 0.3 is 0 Å². The van der Waals surface area contributed by atoms with Crippen molar-refractivity contribution < 1.29 is 4.55 Å². The van der Waals surface area contributed by atoms with Gasteiger partial charge in [-0.15, -0.1) is 0 Å². The van der Waals surface area contributed by atoms with Gasteiger partial charge in [0.1, 0.15) is 5.75 Å². The second-order valence-electron chi connectivity index (χ2n) is 3.61. The third kappa shape index (κ3) is 3.88. The quantitative estimate of drug-likeness (QED) is 0.678. The van der Waals surface area contributed by atoms with Gasteiger partial charge in [0.25, 0.3) is 0 Å². The van der Waals surface area contributed by atoms with Gasteiger partial charge in [-0.3, -0.25) is 0 Å². The van der Waals surface area contributed by atoms with Crippen LogP contribution in [0, 0.1) is 6.92 Å². The Balaban J connectivity index is 2.72. The first-order chi connectivity index (χ1) is 7.29. The largest absolute Gasteiger partial charge is 0.611 e. The molecule has 0 fully saturated rings. The first-order valence-electron chi connectivity index (χ1n) is 5.55. The SMILES string of the molecule is [CH2]CCc1ccccc1[S+]([O-])CCCC. The summed E-state index contributed by atoms with van der Waals surface area (Å²) in [6, 6.07) is 8.01. The van der Waals surface area contributed by atoms with E-state index in [4.69, 9.17) is 0 Å². The second-order valence-corrected chi connectivity index (χ2v) is 5.15. The number of benzene rings is 1. The minimum Gasteiger partial charge on any atom is -0.611 e. The van der Waals surface area contributed by atoms with Crippen LogP contribution < -0.4 is 0 Å². The molecule has 1 rings (SSSR count). The van der Waals surface area contributed by atoms with Crippen molar-refractivity contribution in [2.24, 2.45) is 0 Å². The highest BCUT2D eigenvalue weighted by Crippen LogP contribution is 2.19. The van der Waals surface area contributed by atoms with Gasteiger partial charge in [-0.05, 0) is 36.5 Å². The Hall–Kier alpha value is -0.470. The Labute approximate surface area is 96.1 Å². The molecule has 0 saturated carbocycles. The summed E-state index contributed by atoms with van der Waals surface area (Å²) in [5.41, 5.74) is 1.20. The first kappa shape index (κ1) is 12.6. The summed E-state index contributed by atoms with van der Waals surface area (Å²) in [6.07, 6.45) is 3.92. The van der Waals surface area contributed by atoms with Gasteiger partial charge in [-0.1, -0.05) is 38.5 Å². The van der Waals surface area contributed by atoms with Crippen LogP contribution in [0.25, 0.3) is 0 Å². The summed E-state index contributed by atoms with van der Waals surface area (Å²) in [5.74, 6) is 0.782. The van der Waals surface area contributed by atoms with E-state index in [1.54, 1.807) is 0 Å². The zero-order chi connectivity index (χ0) is 11.1. The predicted molar refractivity (Wildman–Crippen MR) is 66.3 cm³/mol. The molecule has 0 aliphatic heterocycles. The van der Waals surface area contributed by atoms with Crippen LogP contribution in [0.1, 0.15) is 31.7 Å². The summed E-state index contributed by atoms with van der Waals surface area (Å²) in [4.78, 5) is 1.01. The Morgan fingerprint density at radius 3 is 2.73 bits per heavy atom.